The second-order valence-electron chi connectivity index (χ2n) is 5.75. The molecule has 1 amide bonds. The van der Waals surface area contributed by atoms with Gasteiger partial charge in [-0.15, -0.1) is 0 Å². The fourth-order valence-electron chi connectivity index (χ4n) is 2.08. The average molecular weight is 327 g/mol. The van der Waals surface area contributed by atoms with Crippen molar-refractivity contribution in [2.75, 3.05) is 6.26 Å². The molecule has 0 bridgehead atoms. The molecule has 0 spiro atoms. The Kier molecular flexibility index (Phi) is 5.71. The summed E-state index contributed by atoms with van der Waals surface area (Å²) in [6, 6.07) is 3.28. The van der Waals surface area contributed by atoms with Gasteiger partial charge in [0.15, 0.2) is 9.84 Å². The first-order chi connectivity index (χ1) is 10.0. The molecule has 122 valence electrons. The number of carboxylic acid groups (broad SMARTS) is 1. The fourth-order valence-corrected chi connectivity index (χ4v) is 3.07. The Morgan fingerprint density at radius 1 is 1.27 bits per heavy atom. The summed E-state index contributed by atoms with van der Waals surface area (Å²) in [5.41, 5.74) is 0.664. The number of carboxylic acids is 1. The predicted octanol–water partition coefficient (Wildman–Crippen LogP) is 1.63. The highest BCUT2D eigenvalue weighted by atomic mass is 32.2. The van der Waals surface area contributed by atoms with Crippen molar-refractivity contribution in [3.05, 3.63) is 29.3 Å². The first-order valence-corrected chi connectivity index (χ1v) is 8.76. The maximum absolute atomic E-state index is 12.2. The van der Waals surface area contributed by atoms with Crippen LogP contribution >= 0.6 is 0 Å². The lowest BCUT2D eigenvalue weighted by atomic mass is 10.0. The SMILES string of the molecule is Cc1ccc(C(=O)N[C@H](CC(C)C)C(=O)O)cc1S(C)(=O)=O. The molecule has 0 fully saturated rings. The van der Waals surface area contributed by atoms with E-state index in [1.165, 1.54) is 18.2 Å². The lowest BCUT2D eigenvalue weighted by molar-refractivity contribution is -0.139. The Hall–Kier alpha value is -1.89. The van der Waals surface area contributed by atoms with Gasteiger partial charge in [-0.2, -0.15) is 0 Å². The summed E-state index contributed by atoms with van der Waals surface area (Å²) in [5, 5.41) is 11.6. The molecule has 22 heavy (non-hydrogen) atoms. The van der Waals surface area contributed by atoms with Crippen LogP contribution < -0.4 is 5.32 Å². The van der Waals surface area contributed by atoms with Crippen LogP contribution in [-0.4, -0.2) is 37.7 Å². The fraction of sp³-hybridized carbons (Fsp3) is 0.467. The average Bonchev–Trinajstić information content (AvgIpc) is 2.36. The van der Waals surface area contributed by atoms with Crippen LogP contribution in [0.4, 0.5) is 0 Å². The van der Waals surface area contributed by atoms with Crippen LogP contribution in [0.3, 0.4) is 0 Å². The van der Waals surface area contributed by atoms with E-state index in [-0.39, 0.29) is 16.4 Å². The van der Waals surface area contributed by atoms with Gasteiger partial charge in [-0.05, 0) is 37.0 Å². The van der Waals surface area contributed by atoms with Crippen LogP contribution in [0.15, 0.2) is 23.1 Å². The number of aliphatic carboxylic acids is 1. The number of carbonyl (C=O) groups excluding carboxylic acids is 1. The molecule has 2 N–H and O–H groups in total. The van der Waals surface area contributed by atoms with E-state index in [4.69, 9.17) is 5.11 Å². The number of carbonyl (C=O) groups is 2. The number of nitrogens with one attached hydrogen (secondary N) is 1. The highest BCUT2D eigenvalue weighted by Crippen LogP contribution is 2.17. The smallest absolute Gasteiger partial charge is 0.326 e. The second kappa shape index (κ2) is 6.91. The largest absolute Gasteiger partial charge is 0.480 e. The zero-order chi connectivity index (χ0) is 17.1. The van der Waals surface area contributed by atoms with Gasteiger partial charge in [-0.1, -0.05) is 19.9 Å². The minimum absolute atomic E-state index is 0.0656. The highest BCUT2D eigenvalue weighted by Gasteiger charge is 2.22. The van der Waals surface area contributed by atoms with Crippen LogP contribution in [0.5, 0.6) is 0 Å². The Labute approximate surface area is 130 Å². The van der Waals surface area contributed by atoms with Gasteiger partial charge in [-0.25, -0.2) is 13.2 Å². The molecule has 0 radical (unpaired) electrons. The molecular weight excluding hydrogens is 306 g/mol. The molecule has 0 aliphatic carbocycles. The minimum Gasteiger partial charge on any atom is -0.480 e. The van der Waals surface area contributed by atoms with Crippen molar-refractivity contribution in [1.82, 2.24) is 5.32 Å². The maximum atomic E-state index is 12.2. The van der Waals surface area contributed by atoms with E-state index in [1.807, 2.05) is 13.8 Å². The van der Waals surface area contributed by atoms with Gasteiger partial charge < -0.3 is 10.4 Å². The molecule has 0 aliphatic rings. The molecule has 0 aromatic heterocycles. The van der Waals surface area contributed by atoms with E-state index in [0.29, 0.717) is 12.0 Å². The Balaban J connectivity index is 3.06. The summed E-state index contributed by atoms with van der Waals surface area (Å²) < 4.78 is 23.4. The van der Waals surface area contributed by atoms with E-state index in [9.17, 15) is 18.0 Å². The number of hydrogen-bond acceptors (Lipinski definition) is 4. The Bertz CT molecular complexity index is 679. The monoisotopic (exact) mass is 327 g/mol. The standard InChI is InChI=1S/C15H21NO5S/c1-9(2)7-12(15(18)19)16-14(17)11-6-5-10(3)13(8-11)22(4,20)21/h5-6,8-9,12H,7H2,1-4H3,(H,16,17)(H,18,19)/t12-/m1/s1. The van der Waals surface area contributed by atoms with Crippen molar-refractivity contribution in [3.8, 4) is 0 Å². The number of amides is 1. The van der Waals surface area contributed by atoms with E-state index < -0.39 is 27.8 Å². The van der Waals surface area contributed by atoms with E-state index in [0.717, 1.165) is 6.26 Å². The highest BCUT2D eigenvalue weighted by molar-refractivity contribution is 7.90. The molecular formula is C15H21NO5S. The number of hydrogen-bond donors (Lipinski definition) is 2. The van der Waals surface area contributed by atoms with Crippen molar-refractivity contribution in [2.24, 2.45) is 5.92 Å². The lowest BCUT2D eigenvalue weighted by Gasteiger charge is -2.17. The van der Waals surface area contributed by atoms with Crippen molar-refractivity contribution in [2.45, 2.75) is 38.1 Å². The predicted molar refractivity (Wildman–Crippen MR) is 82.6 cm³/mol. The molecule has 0 unspecified atom stereocenters. The number of rotatable bonds is 6. The van der Waals surface area contributed by atoms with Crippen LogP contribution in [0.1, 0.15) is 36.2 Å². The normalized spacial score (nSPS) is 13.0. The molecule has 6 nitrogen and oxygen atoms in total. The maximum Gasteiger partial charge on any atom is 0.326 e. The second-order valence-corrected chi connectivity index (χ2v) is 7.73. The molecule has 0 saturated heterocycles. The topological polar surface area (TPSA) is 101 Å². The van der Waals surface area contributed by atoms with Gasteiger partial charge in [-0.3, -0.25) is 4.79 Å². The molecule has 1 aromatic carbocycles. The third kappa shape index (κ3) is 4.84. The summed E-state index contributed by atoms with van der Waals surface area (Å²) in [6.45, 7) is 5.35. The zero-order valence-corrected chi connectivity index (χ0v) is 13.9. The molecule has 1 atom stereocenters. The van der Waals surface area contributed by atoms with Gasteiger partial charge in [0.1, 0.15) is 6.04 Å². The molecule has 0 saturated carbocycles. The molecule has 7 heteroatoms. The quantitative estimate of drug-likeness (QED) is 0.827. The third-order valence-corrected chi connectivity index (χ3v) is 4.40. The summed E-state index contributed by atoms with van der Waals surface area (Å²) >= 11 is 0. The molecule has 0 aliphatic heterocycles. The van der Waals surface area contributed by atoms with Gasteiger partial charge in [0.2, 0.25) is 0 Å². The van der Waals surface area contributed by atoms with Gasteiger partial charge in [0.25, 0.3) is 5.91 Å². The van der Waals surface area contributed by atoms with Gasteiger partial charge >= 0.3 is 5.97 Å². The van der Waals surface area contributed by atoms with Crippen LogP contribution in [0.25, 0.3) is 0 Å². The van der Waals surface area contributed by atoms with Crippen LogP contribution in [0.2, 0.25) is 0 Å². The van der Waals surface area contributed by atoms with E-state index in [2.05, 4.69) is 5.32 Å². The van der Waals surface area contributed by atoms with Crippen molar-refractivity contribution < 1.29 is 23.1 Å². The number of aryl methyl sites for hydroxylation is 1. The van der Waals surface area contributed by atoms with Crippen LogP contribution in [0, 0.1) is 12.8 Å². The van der Waals surface area contributed by atoms with Gasteiger partial charge in [0.05, 0.1) is 4.90 Å². The van der Waals surface area contributed by atoms with E-state index in [1.54, 1.807) is 6.92 Å². The summed E-state index contributed by atoms with van der Waals surface area (Å²) in [7, 11) is -3.45. The Morgan fingerprint density at radius 3 is 2.32 bits per heavy atom. The van der Waals surface area contributed by atoms with Gasteiger partial charge in [0, 0.05) is 11.8 Å². The third-order valence-electron chi connectivity index (χ3n) is 3.16. The van der Waals surface area contributed by atoms with Crippen molar-refractivity contribution in [1.29, 1.82) is 0 Å². The summed E-state index contributed by atoms with van der Waals surface area (Å²) in [4.78, 5) is 23.4. The minimum atomic E-state index is -3.45. The van der Waals surface area contributed by atoms with Crippen molar-refractivity contribution in [3.63, 3.8) is 0 Å². The summed E-state index contributed by atoms with van der Waals surface area (Å²) in [5.74, 6) is -1.61. The van der Waals surface area contributed by atoms with Crippen LogP contribution in [-0.2, 0) is 14.6 Å². The zero-order valence-electron chi connectivity index (χ0n) is 13.1. The van der Waals surface area contributed by atoms with E-state index >= 15 is 0 Å². The Morgan fingerprint density at radius 2 is 1.86 bits per heavy atom. The summed E-state index contributed by atoms with van der Waals surface area (Å²) in [6.07, 6.45) is 1.36. The lowest BCUT2D eigenvalue weighted by Crippen LogP contribution is -2.41. The number of benzene rings is 1. The number of sulfone groups is 1. The first-order valence-electron chi connectivity index (χ1n) is 6.86. The first kappa shape index (κ1) is 18.2. The molecule has 1 rings (SSSR count). The molecule has 0 heterocycles. The van der Waals surface area contributed by atoms with Crippen molar-refractivity contribution >= 4 is 21.7 Å². The molecule has 1 aromatic rings.